The van der Waals surface area contributed by atoms with E-state index in [-0.39, 0.29) is 5.76 Å². The van der Waals surface area contributed by atoms with Crippen LogP contribution in [-0.2, 0) is 6.42 Å². The second kappa shape index (κ2) is 4.00. The van der Waals surface area contributed by atoms with E-state index < -0.39 is 5.97 Å². The average Bonchev–Trinajstić information content (AvgIpc) is 2.64. The van der Waals surface area contributed by atoms with Crippen LogP contribution in [0.4, 0.5) is 0 Å². The Morgan fingerprint density at radius 3 is 2.56 bits per heavy atom. The first-order valence-corrected chi connectivity index (χ1v) is 5.44. The number of carboxylic acids is 1. The van der Waals surface area contributed by atoms with Gasteiger partial charge >= 0.3 is 5.97 Å². The number of hydrogen-bond donors (Lipinski definition) is 1. The number of fused-ring (bicyclic) bond motifs is 1. The molecule has 16 heavy (non-hydrogen) atoms. The molecular formula is C11H8Cl2O3. The third-order valence-electron chi connectivity index (χ3n) is 2.39. The highest BCUT2D eigenvalue weighted by molar-refractivity contribution is 6.40. The molecule has 1 aromatic carbocycles. The number of furan rings is 1. The first kappa shape index (κ1) is 11.3. The molecule has 0 amide bonds. The number of benzene rings is 1. The fourth-order valence-corrected chi connectivity index (χ4v) is 2.16. The molecule has 0 aliphatic carbocycles. The molecule has 0 unspecified atom stereocenters. The largest absolute Gasteiger partial charge is 0.475 e. The zero-order valence-corrected chi connectivity index (χ0v) is 9.89. The molecule has 1 heterocycles. The topological polar surface area (TPSA) is 50.4 Å². The molecule has 1 aromatic heterocycles. The maximum absolute atomic E-state index is 11.0. The molecule has 0 saturated carbocycles. The summed E-state index contributed by atoms with van der Waals surface area (Å²) in [7, 11) is 0. The normalized spacial score (nSPS) is 10.9. The van der Waals surface area contributed by atoms with Crippen molar-refractivity contribution in [2.24, 2.45) is 0 Å². The van der Waals surface area contributed by atoms with Crippen molar-refractivity contribution in [3.05, 3.63) is 33.5 Å². The lowest BCUT2D eigenvalue weighted by molar-refractivity contribution is 0.0663. The van der Waals surface area contributed by atoms with Crippen molar-refractivity contribution in [1.29, 1.82) is 0 Å². The van der Waals surface area contributed by atoms with Crippen molar-refractivity contribution in [2.45, 2.75) is 13.3 Å². The Bertz CT molecular complexity index is 572. The van der Waals surface area contributed by atoms with Crippen molar-refractivity contribution in [2.75, 3.05) is 0 Å². The maximum atomic E-state index is 11.0. The molecule has 5 heteroatoms. The third-order valence-corrected chi connectivity index (χ3v) is 3.00. The van der Waals surface area contributed by atoms with Crippen molar-refractivity contribution >= 4 is 40.1 Å². The molecule has 1 N–H and O–H groups in total. The van der Waals surface area contributed by atoms with Crippen molar-refractivity contribution in [1.82, 2.24) is 0 Å². The standard InChI is InChI=1S/C11H8Cl2O3/c1-2-5-8-6(12)3-4-7(13)10(8)16-9(5)11(14)15/h3-4H,2H2,1H3,(H,14,15). The van der Waals surface area contributed by atoms with Gasteiger partial charge in [0.05, 0.1) is 10.0 Å². The van der Waals surface area contributed by atoms with E-state index in [4.69, 9.17) is 32.7 Å². The second-order valence-corrected chi connectivity index (χ2v) is 4.12. The molecule has 2 rings (SSSR count). The number of hydrogen-bond acceptors (Lipinski definition) is 2. The van der Waals surface area contributed by atoms with Crippen LogP contribution in [0.15, 0.2) is 16.5 Å². The van der Waals surface area contributed by atoms with Crippen LogP contribution in [0, 0.1) is 0 Å². The predicted octanol–water partition coefficient (Wildman–Crippen LogP) is 4.00. The summed E-state index contributed by atoms with van der Waals surface area (Å²) in [6, 6.07) is 3.22. The highest BCUT2D eigenvalue weighted by Gasteiger charge is 2.21. The number of rotatable bonds is 2. The van der Waals surface area contributed by atoms with E-state index in [9.17, 15) is 4.79 Å². The summed E-state index contributed by atoms with van der Waals surface area (Å²) in [6.45, 7) is 1.84. The highest BCUT2D eigenvalue weighted by Crippen LogP contribution is 2.36. The Balaban J connectivity index is 2.92. The van der Waals surface area contributed by atoms with E-state index in [1.54, 1.807) is 12.1 Å². The molecular weight excluding hydrogens is 251 g/mol. The average molecular weight is 259 g/mol. The molecule has 0 saturated heterocycles. The Hall–Kier alpha value is -1.19. The van der Waals surface area contributed by atoms with Crippen LogP contribution in [0.5, 0.6) is 0 Å². The SMILES string of the molecule is CCc1c(C(=O)O)oc2c(Cl)ccc(Cl)c12. The fraction of sp³-hybridized carbons (Fsp3) is 0.182. The number of aromatic carboxylic acids is 1. The van der Waals surface area contributed by atoms with Gasteiger partial charge in [0, 0.05) is 10.9 Å². The molecule has 0 bridgehead atoms. The van der Waals surface area contributed by atoms with E-state index in [1.165, 1.54) is 0 Å². The second-order valence-electron chi connectivity index (χ2n) is 3.30. The van der Waals surface area contributed by atoms with Gasteiger partial charge in [-0.25, -0.2) is 4.79 Å². The van der Waals surface area contributed by atoms with Crippen molar-refractivity contribution < 1.29 is 14.3 Å². The first-order chi connectivity index (χ1) is 7.56. The fourth-order valence-electron chi connectivity index (χ4n) is 1.70. The summed E-state index contributed by atoms with van der Waals surface area (Å²) in [6.07, 6.45) is 0.523. The number of halogens is 2. The minimum atomic E-state index is -1.11. The number of aryl methyl sites for hydroxylation is 1. The van der Waals surface area contributed by atoms with Crippen LogP contribution in [0.1, 0.15) is 23.0 Å². The summed E-state index contributed by atoms with van der Waals surface area (Å²) < 4.78 is 5.25. The van der Waals surface area contributed by atoms with E-state index in [0.717, 1.165) is 0 Å². The van der Waals surface area contributed by atoms with Gasteiger partial charge in [0.2, 0.25) is 5.76 Å². The van der Waals surface area contributed by atoms with Crippen LogP contribution >= 0.6 is 23.2 Å². The van der Waals surface area contributed by atoms with Gasteiger partial charge in [-0.2, -0.15) is 0 Å². The third kappa shape index (κ3) is 1.56. The van der Waals surface area contributed by atoms with Gasteiger partial charge in [0.1, 0.15) is 0 Å². The van der Waals surface area contributed by atoms with Gasteiger partial charge in [-0.05, 0) is 18.6 Å². The van der Waals surface area contributed by atoms with E-state index in [1.807, 2.05) is 6.92 Å². The van der Waals surface area contributed by atoms with Gasteiger partial charge < -0.3 is 9.52 Å². The van der Waals surface area contributed by atoms with Crippen LogP contribution in [0.25, 0.3) is 11.0 Å². The molecule has 0 radical (unpaired) electrons. The maximum Gasteiger partial charge on any atom is 0.372 e. The lowest BCUT2D eigenvalue weighted by atomic mass is 10.1. The summed E-state index contributed by atoms with van der Waals surface area (Å²) in [5.41, 5.74) is 0.915. The van der Waals surface area contributed by atoms with Gasteiger partial charge in [-0.15, -0.1) is 0 Å². The molecule has 3 nitrogen and oxygen atoms in total. The lowest BCUT2D eigenvalue weighted by Gasteiger charge is -1.97. The number of carboxylic acid groups (broad SMARTS) is 1. The Morgan fingerprint density at radius 2 is 2.00 bits per heavy atom. The molecule has 0 spiro atoms. The van der Waals surface area contributed by atoms with Crippen LogP contribution in [-0.4, -0.2) is 11.1 Å². The summed E-state index contributed by atoms with van der Waals surface area (Å²) >= 11 is 12.0. The smallest absolute Gasteiger partial charge is 0.372 e. The van der Waals surface area contributed by atoms with Crippen molar-refractivity contribution in [3.8, 4) is 0 Å². The zero-order chi connectivity index (χ0) is 11.9. The molecule has 0 aliphatic heterocycles. The van der Waals surface area contributed by atoms with Crippen molar-refractivity contribution in [3.63, 3.8) is 0 Å². The first-order valence-electron chi connectivity index (χ1n) is 4.69. The number of carbonyl (C=O) groups is 1. The summed E-state index contributed by atoms with van der Waals surface area (Å²) in [4.78, 5) is 11.0. The lowest BCUT2D eigenvalue weighted by Crippen LogP contribution is -1.97. The quantitative estimate of drug-likeness (QED) is 0.886. The molecule has 0 atom stereocenters. The van der Waals surface area contributed by atoms with Gasteiger partial charge in [-0.3, -0.25) is 0 Å². The van der Waals surface area contributed by atoms with Crippen LogP contribution in [0.2, 0.25) is 10.0 Å². The minimum absolute atomic E-state index is 0.0903. The van der Waals surface area contributed by atoms with E-state index >= 15 is 0 Å². The Kier molecular flexibility index (Phi) is 2.82. The monoisotopic (exact) mass is 258 g/mol. The van der Waals surface area contributed by atoms with Crippen LogP contribution in [0.3, 0.4) is 0 Å². The van der Waals surface area contributed by atoms with Gasteiger partial charge in [0.25, 0.3) is 0 Å². The summed E-state index contributed by atoms with van der Waals surface area (Å²) in [5.74, 6) is -1.20. The van der Waals surface area contributed by atoms with E-state index in [0.29, 0.717) is 33.0 Å². The molecule has 0 aliphatic rings. The molecule has 84 valence electrons. The Morgan fingerprint density at radius 1 is 1.38 bits per heavy atom. The van der Waals surface area contributed by atoms with Gasteiger partial charge in [-0.1, -0.05) is 30.1 Å². The predicted molar refractivity (Wildman–Crippen MR) is 62.6 cm³/mol. The summed E-state index contributed by atoms with van der Waals surface area (Å²) in [5, 5.41) is 10.4. The van der Waals surface area contributed by atoms with Crippen LogP contribution < -0.4 is 0 Å². The highest BCUT2D eigenvalue weighted by atomic mass is 35.5. The van der Waals surface area contributed by atoms with Gasteiger partial charge in [0.15, 0.2) is 5.58 Å². The molecule has 2 aromatic rings. The molecule has 0 fully saturated rings. The van der Waals surface area contributed by atoms with E-state index in [2.05, 4.69) is 0 Å². The minimum Gasteiger partial charge on any atom is -0.475 e. The Labute approximate surface area is 102 Å². The zero-order valence-electron chi connectivity index (χ0n) is 8.38.